The first-order chi connectivity index (χ1) is 10.2. The molecule has 1 aromatic rings. The first kappa shape index (κ1) is 15.3. The molecule has 0 saturated carbocycles. The van der Waals surface area contributed by atoms with E-state index in [4.69, 9.17) is 21.7 Å². The van der Waals surface area contributed by atoms with E-state index in [1.54, 1.807) is 11.8 Å². The van der Waals surface area contributed by atoms with Gasteiger partial charge in [-0.1, -0.05) is 48.2 Å². The maximum absolute atomic E-state index is 5.76. The largest absolute Gasteiger partial charge is 0.357 e. The summed E-state index contributed by atoms with van der Waals surface area (Å²) in [5, 5.41) is 0. The fourth-order valence-electron chi connectivity index (χ4n) is 2.82. The number of hydrogen-bond acceptors (Lipinski definition) is 4. The number of ether oxygens (including phenoxy) is 2. The molecule has 0 N–H and O–H groups in total. The van der Waals surface area contributed by atoms with E-state index in [-0.39, 0.29) is 5.79 Å². The second-order valence-electron chi connectivity index (χ2n) is 5.58. The molecule has 2 aliphatic rings. The Morgan fingerprint density at radius 3 is 2.57 bits per heavy atom. The van der Waals surface area contributed by atoms with Crippen LogP contribution in [0, 0.1) is 6.92 Å². The summed E-state index contributed by atoms with van der Waals surface area (Å²) in [6.45, 7) is 5.47. The van der Waals surface area contributed by atoms with Crippen molar-refractivity contribution >= 4 is 28.3 Å². The van der Waals surface area contributed by atoms with Gasteiger partial charge in [-0.2, -0.15) is 0 Å². The van der Waals surface area contributed by atoms with Crippen LogP contribution in [-0.4, -0.2) is 41.3 Å². The molecule has 0 bridgehead atoms. The Bertz CT molecular complexity index is 505. The minimum Gasteiger partial charge on any atom is -0.357 e. The van der Waals surface area contributed by atoms with E-state index >= 15 is 0 Å². The number of rotatable bonds is 2. The third kappa shape index (κ3) is 3.59. The number of benzene rings is 1. The predicted molar refractivity (Wildman–Crippen MR) is 90.5 cm³/mol. The molecule has 0 unspecified atom stereocenters. The Hall–Kier alpha value is -0.620. The van der Waals surface area contributed by atoms with Crippen molar-refractivity contribution in [2.75, 3.05) is 26.3 Å². The highest BCUT2D eigenvalue weighted by atomic mass is 32.2. The molecule has 1 aromatic carbocycles. The maximum Gasteiger partial charge on any atom is 0.171 e. The van der Waals surface area contributed by atoms with Crippen molar-refractivity contribution in [3.63, 3.8) is 0 Å². The third-order valence-electron chi connectivity index (χ3n) is 4.21. The normalized spacial score (nSPS) is 20.9. The van der Waals surface area contributed by atoms with E-state index in [1.807, 2.05) is 0 Å². The summed E-state index contributed by atoms with van der Waals surface area (Å²) in [6.07, 6.45) is 1.83. The van der Waals surface area contributed by atoms with Crippen LogP contribution in [0.3, 0.4) is 0 Å². The van der Waals surface area contributed by atoms with E-state index in [1.165, 1.54) is 11.1 Å². The molecule has 0 aromatic heterocycles. The van der Waals surface area contributed by atoms with Crippen LogP contribution in [0.2, 0.25) is 0 Å². The Morgan fingerprint density at radius 2 is 1.90 bits per heavy atom. The SMILES string of the molecule is Cc1ccccc1CSC(=S)N1CCC2(CC1)OCCO2. The van der Waals surface area contributed by atoms with Crippen molar-refractivity contribution in [2.45, 2.75) is 31.3 Å². The van der Waals surface area contributed by atoms with Gasteiger partial charge in [0, 0.05) is 31.7 Å². The molecule has 2 saturated heterocycles. The molecule has 0 aliphatic carbocycles. The Labute approximate surface area is 136 Å². The van der Waals surface area contributed by atoms with Crippen molar-refractivity contribution in [1.29, 1.82) is 0 Å². The standard InChI is InChI=1S/C16H21NO2S2/c1-13-4-2-3-5-14(13)12-21-15(20)17-8-6-16(7-9-17)18-10-11-19-16/h2-5H,6-12H2,1H3. The van der Waals surface area contributed by atoms with Gasteiger partial charge in [0.25, 0.3) is 0 Å². The van der Waals surface area contributed by atoms with Crippen molar-refractivity contribution < 1.29 is 9.47 Å². The molecule has 5 heteroatoms. The van der Waals surface area contributed by atoms with E-state index in [2.05, 4.69) is 36.1 Å². The highest BCUT2D eigenvalue weighted by Gasteiger charge is 2.40. The van der Waals surface area contributed by atoms with Crippen LogP contribution in [-0.2, 0) is 15.2 Å². The van der Waals surface area contributed by atoms with Gasteiger partial charge >= 0.3 is 0 Å². The number of piperidine rings is 1. The number of nitrogens with zero attached hydrogens (tertiary/aromatic N) is 1. The molecule has 21 heavy (non-hydrogen) atoms. The lowest BCUT2D eigenvalue weighted by Gasteiger charge is -2.38. The minimum absolute atomic E-state index is 0.313. The molecule has 0 amide bonds. The van der Waals surface area contributed by atoms with Gasteiger partial charge < -0.3 is 14.4 Å². The van der Waals surface area contributed by atoms with Gasteiger partial charge in [-0.05, 0) is 18.1 Å². The molecule has 114 valence electrons. The lowest BCUT2D eigenvalue weighted by atomic mass is 10.0. The van der Waals surface area contributed by atoms with Gasteiger partial charge in [0.2, 0.25) is 0 Å². The summed E-state index contributed by atoms with van der Waals surface area (Å²) in [4.78, 5) is 2.29. The lowest BCUT2D eigenvalue weighted by molar-refractivity contribution is -0.180. The van der Waals surface area contributed by atoms with Gasteiger partial charge in [-0.3, -0.25) is 0 Å². The quantitative estimate of drug-likeness (QED) is 0.776. The highest BCUT2D eigenvalue weighted by molar-refractivity contribution is 8.22. The number of thiocarbonyl (C=S) groups is 1. The molecule has 3 nitrogen and oxygen atoms in total. The van der Waals surface area contributed by atoms with Crippen LogP contribution in [0.1, 0.15) is 24.0 Å². The first-order valence-corrected chi connectivity index (χ1v) is 8.82. The van der Waals surface area contributed by atoms with Crippen LogP contribution in [0.15, 0.2) is 24.3 Å². The second kappa shape index (κ2) is 6.65. The molecule has 2 aliphatic heterocycles. The third-order valence-corrected chi connectivity index (χ3v) is 5.78. The van der Waals surface area contributed by atoms with Gasteiger partial charge in [-0.15, -0.1) is 0 Å². The second-order valence-corrected chi connectivity index (χ2v) is 7.18. The number of likely N-dealkylation sites (tertiary alicyclic amines) is 1. The summed E-state index contributed by atoms with van der Waals surface area (Å²) in [5.74, 6) is 0.632. The van der Waals surface area contributed by atoms with Crippen molar-refractivity contribution in [3.05, 3.63) is 35.4 Å². The van der Waals surface area contributed by atoms with Crippen molar-refractivity contribution in [3.8, 4) is 0 Å². The van der Waals surface area contributed by atoms with Gasteiger partial charge in [0.1, 0.15) is 4.32 Å². The fourth-order valence-corrected chi connectivity index (χ4v) is 4.15. The van der Waals surface area contributed by atoms with Crippen LogP contribution < -0.4 is 0 Å². The van der Waals surface area contributed by atoms with Crippen LogP contribution >= 0.6 is 24.0 Å². The molecule has 0 radical (unpaired) electrons. The summed E-state index contributed by atoms with van der Waals surface area (Å²) in [5.41, 5.74) is 2.69. The maximum atomic E-state index is 5.76. The van der Waals surface area contributed by atoms with Crippen LogP contribution in [0.4, 0.5) is 0 Å². The smallest absolute Gasteiger partial charge is 0.171 e. The summed E-state index contributed by atoms with van der Waals surface area (Å²) in [7, 11) is 0. The molecule has 1 spiro atoms. The zero-order chi connectivity index (χ0) is 14.7. The fraction of sp³-hybridized carbons (Fsp3) is 0.562. The first-order valence-electron chi connectivity index (χ1n) is 7.43. The summed E-state index contributed by atoms with van der Waals surface area (Å²) < 4.78 is 12.5. The summed E-state index contributed by atoms with van der Waals surface area (Å²) in [6, 6.07) is 8.49. The van der Waals surface area contributed by atoms with Crippen molar-refractivity contribution in [2.24, 2.45) is 0 Å². The molecular weight excluding hydrogens is 302 g/mol. The zero-order valence-electron chi connectivity index (χ0n) is 12.3. The Morgan fingerprint density at radius 1 is 1.24 bits per heavy atom. The Kier molecular flexibility index (Phi) is 4.84. The van der Waals surface area contributed by atoms with Gasteiger partial charge in [-0.25, -0.2) is 0 Å². The Balaban J connectivity index is 1.49. The van der Waals surface area contributed by atoms with E-state index < -0.39 is 0 Å². The number of thioether (sulfide) groups is 1. The minimum atomic E-state index is -0.313. The van der Waals surface area contributed by atoms with Crippen LogP contribution in [0.5, 0.6) is 0 Å². The lowest BCUT2D eigenvalue weighted by Crippen LogP contribution is -2.46. The van der Waals surface area contributed by atoms with E-state index in [9.17, 15) is 0 Å². The zero-order valence-corrected chi connectivity index (χ0v) is 14.0. The van der Waals surface area contributed by atoms with E-state index in [0.717, 1.165) is 49.2 Å². The number of hydrogen-bond donors (Lipinski definition) is 0. The van der Waals surface area contributed by atoms with Crippen LogP contribution in [0.25, 0.3) is 0 Å². The molecule has 3 rings (SSSR count). The molecular formula is C16H21NO2S2. The average Bonchev–Trinajstić information content (AvgIpc) is 2.95. The predicted octanol–water partition coefficient (Wildman–Crippen LogP) is 3.35. The van der Waals surface area contributed by atoms with Gasteiger partial charge in [0.15, 0.2) is 5.79 Å². The molecule has 2 heterocycles. The molecule has 2 fully saturated rings. The number of aryl methyl sites for hydroxylation is 1. The van der Waals surface area contributed by atoms with E-state index in [0.29, 0.717) is 0 Å². The summed E-state index contributed by atoms with van der Waals surface area (Å²) >= 11 is 7.34. The highest BCUT2D eigenvalue weighted by Crippen LogP contribution is 2.32. The average molecular weight is 323 g/mol. The molecule has 0 atom stereocenters. The topological polar surface area (TPSA) is 21.7 Å². The monoisotopic (exact) mass is 323 g/mol. The van der Waals surface area contributed by atoms with Crippen molar-refractivity contribution in [1.82, 2.24) is 4.90 Å². The van der Waals surface area contributed by atoms with Gasteiger partial charge in [0.05, 0.1) is 13.2 Å².